The van der Waals surface area contributed by atoms with Gasteiger partial charge in [-0.25, -0.2) is 0 Å². The zero-order chi connectivity index (χ0) is 16.9. The molecule has 1 aromatic carbocycles. The van der Waals surface area contributed by atoms with E-state index < -0.39 is 0 Å². The van der Waals surface area contributed by atoms with Crippen molar-refractivity contribution in [1.82, 2.24) is 10.2 Å². The molecule has 1 aromatic rings. The van der Waals surface area contributed by atoms with Gasteiger partial charge in [0.15, 0.2) is 6.29 Å². The van der Waals surface area contributed by atoms with Gasteiger partial charge in [-0.3, -0.25) is 9.69 Å². The number of ether oxygens (including phenoxy) is 2. The zero-order valence-electron chi connectivity index (χ0n) is 14.7. The van der Waals surface area contributed by atoms with Crippen LogP contribution in [-0.2, 0) is 20.8 Å². The van der Waals surface area contributed by atoms with Crippen LogP contribution in [0.5, 0.6) is 0 Å². The molecule has 132 valence electrons. The van der Waals surface area contributed by atoms with Gasteiger partial charge in [-0.05, 0) is 45.3 Å². The van der Waals surface area contributed by atoms with Crippen molar-refractivity contribution >= 4 is 5.91 Å². The predicted octanol–water partition coefficient (Wildman–Crippen LogP) is 2.08. The van der Waals surface area contributed by atoms with Crippen molar-refractivity contribution in [2.75, 3.05) is 26.3 Å². The number of nitrogens with zero attached hydrogens (tertiary/aromatic N) is 1. The molecule has 2 fully saturated rings. The van der Waals surface area contributed by atoms with Crippen LogP contribution >= 0.6 is 0 Å². The van der Waals surface area contributed by atoms with E-state index in [1.54, 1.807) is 0 Å². The van der Waals surface area contributed by atoms with Crippen molar-refractivity contribution in [2.45, 2.75) is 45.6 Å². The van der Waals surface area contributed by atoms with Crippen molar-refractivity contribution in [3.63, 3.8) is 0 Å². The average Bonchev–Trinajstić information content (AvgIpc) is 3.15. The number of likely N-dealkylation sites (tertiary alicyclic amines) is 1. The fourth-order valence-electron chi connectivity index (χ4n) is 3.44. The van der Waals surface area contributed by atoms with Crippen molar-refractivity contribution < 1.29 is 14.3 Å². The summed E-state index contributed by atoms with van der Waals surface area (Å²) in [6.07, 6.45) is 2.03. The van der Waals surface area contributed by atoms with Crippen LogP contribution in [-0.4, -0.2) is 49.4 Å². The van der Waals surface area contributed by atoms with Crippen molar-refractivity contribution in [1.29, 1.82) is 0 Å². The summed E-state index contributed by atoms with van der Waals surface area (Å²) in [5.41, 5.74) is 2.37. The van der Waals surface area contributed by atoms with Gasteiger partial charge in [0.2, 0.25) is 5.91 Å². The number of nitrogens with one attached hydrogen (secondary N) is 1. The van der Waals surface area contributed by atoms with Crippen LogP contribution in [0.15, 0.2) is 24.3 Å². The van der Waals surface area contributed by atoms with Gasteiger partial charge >= 0.3 is 0 Å². The van der Waals surface area contributed by atoms with E-state index in [1.165, 1.54) is 5.56 Å². The number of piperidine rings is 1. The molecule has 3 rings (SSSR count). The van der Waals surface area contributed by atoms with Crippen molar-refractivity contribution in [3.05, 3.63) is 35.4 Å². The summed E-state index contributed by atoms with van der Waals surface area (Å²) in [5, 5.41) is 3.05. The number of carbonyl (C=O) groups is 1. The van der Waals surface area contributed by atoms with Crippen LogP contribution < -0.4 is 5.32 Å². The van der Waals surface area contributed by atoms with Gasteiger partial charge in [-0.2, -0.15) is 0 Å². The molecule has 1 amide bonds. The fraction of sp³-hybridized carbons (Fsp3) is 0.632. The molecule has 1 N–H and O–H groups in total. The fourth-order valence-corrected chi connectivity index (χ4v) is 3.44. The Labute approximate surface area is 144 Å². The highest BCUT2D eigenvalue weighted by atomic mass is 16.7. The number of benzene rings is 1. The third-order valence-electron chi connectivity index (χ3n) is 5.12. The Hall–Kier alpha value is -1.43. The largest absolute Gasteiger partial charge is 0.351 e. The molecule has 5 heteroatoms. The summed E-state index contributed by atoms with van der Waals surface area (Å²) in [5.74, 6) is 0.564. The molecule has 5 nitrogen and oxygen atoms in total. The molecule has 0 saturated carbocycles. The Morgan fingerprint density at radius 1 is 1.21 bits per heavy atom. The molecule has 1 atom stereocenters. The maximum Gasteiger partial charge on any atom is 0.237 e. The van der Waals surface area contributed by atoms with E-state index in [0.29, 0.717) is 25.7 Å². The standard InChI is InChI=1S/C19H28N2O3/c1-14-3-5-16(6-4-14)13-20-18(22)15(2)21-9-7-17(8-10-21)19-23-11-12-24-19/h3-6,15,17,19H,7-13H2,1-2H3,(H,20,22). The topological polar surface area (TPSA) is 50.8 Å². The Morgan fingerprint density at radius 2 is 1.83 bits per heavy atom. The van der Waals surface area contributed by atoms with Crippen LogP contribution in [0.25, 0.3) is 0 Å². The molecule has 1 unspecified atom stereocenters. The molecule has 24 heavy (non-hydrogen) atoms. The summed E-state index contributed by atoms with van der Waals surface area (Å²) in [6, 6.07) is 8.17. The van der Waals surface area contributed by atoms with E-state index in [4.69, 9.17) is 9.47 Å². The van der Waals surface area contributed by atoms with Gasteiger partial charge in [0.05, 0.1) is 19.3 Å². The van der Waals surface area contributed by atoms with Crippen LogP contribution in [0.4, 0.5) is 0 Å². The first-order valence-corrected chi connectivity index (χ1v) is 8.94. The Bertz CT molecular complexity index is 532. The van der Waals surface area contributed by atoms with Gasteiger partial charge in [-0.15, -0.1) is 0 Å². The molecular weight excluding hydrogens is 304 g/mol. The molecule has 0 aromatic heterocycles. The summed E-state index contributed by atoms with van der Waals surface area (Å²) in [4.78, 5) is 14.7. The minimum Gasteiger partial charge on any atom is -0.351 e. The van der Waals surface area contributed by atoms with E-state index in [0.717, 1.165) is 31.5 Å². The average molecular weight is 332 g/mol. The number of hydrogen-bond acceptors (Lipinski definition) is 4. The lowest BCUT2D eigenvalue weighted by molar-refractivity contribution is -0.128. The summed E-state index contributed by atoms with van der Waals surface area (Å²) in [6.45, 7) is 7.91. The number of rotatable bonds is 5. The SMILES string of the molecule is Cc1ccc(CNC(=O)C(C)N2CCC(C3OCCO3)CC2)cc1. The number of amides is 1. The monoisotopic (exact) mass is 332 g/mol. The predicted molar refractivity (Wildman–Crippen MR) is 92.5 cm³/mol. The first-order valence-electron chi connectivity index (χ1n) is 8.94. The van der Waals surface area contributed by atoms with Gasteiger partial charge in [0, 0.05) is 12.5 Å². The van der Waals surface area contributed by atoms with E-state index in [9.17, 15) is 4.79 Å². The van der Waals surface area contributed by atoms with Crippen LogP contribution in [0.2, 0.25) is 0 Å². The van der Waals surface area contributed by atoms with Crippen LogP contribution in [0.3, 0.4) is 0 Å². The lowest BCUT2D eigenvalue weighted by Gasteiger charge is -2.36. The normalized spacial score (nSPS) is 21.8. The first kappa shape index (κ1) is 17.4. The molecule has 0 bridgehead atoms. The molecule has 2 saturated heterocycles. The van der Waals surface area contributed by atoms with Crippen molar-refractivity contribution in [2.24, 2.45) is 5.92 Å². The Kier molecular flexibility index (Phi) is 5.87. The summed E-state index contributed by atoms with van der Waals surface area (Å²) < 4.78 is 11.2. The van der Waals surface area contributed by atoms with Gasteiger partial charge in [-0.1, -0.05) is 29.8 Å². The Morgan fingerprint density at radius 3 is 2.46 bits per heavy atom. The van der Waals surface area contributed by atoms with Crippen LogP contribution in [0, 0.1) is 12.8 Å². The highest BCUT2D eigenvalue weighted by molar-refractivity contribution is 5.81. The number of carbonyl (C=O) groups excluding carboxylic acids is 1. The van der Waals surface area contributed by atoms with E-state index >= 15 is 0 Å². The van der Waals surface area contributed by atoms with Gasteiger partial charge < -0.3 is 14.8 Å². The highest BCUT2D eigenvalue weighted by Crippen LogP contribution is 2.26. The van der Waals surface area contributed by atoms with Gasteiger partial charge in [0.1, 0.15) is 0 Å². The molecular formula is C19H28N2O3. The maximum atomic E-state index is 12.4. The Balaban J connectivity index is 1.43. The first-order chi connectivity index (χ1) is 11.6. The highest BCUT2D eigenvalue weighted by Gasteiger charge is 2.32. The zero-order valence-corrected chi connectivity index (χ0v) is 14.7. The van der Waals surface area contributed by atoms with E-state index in [2.05, 4.69) is 41.4 Å². The van der Waals surface area contributed by atoms with Gasteiger partial charge in [0.25, 0.3) is 0 Å². The van der Waals surface area contributed by atoms with E-state index in [1.807, 2.05) is 6.92 Å². The molecule has 0 aliphatic carbocycles. The summed E-state index contributed by atoms with van der Waals surface area (Å²) in [7, 11) is 0. The molecule has 0 spiro atoms. The minimum atomic E-state index is -0.0955. The minimum absolute atomic E-state index is 0.0298. The lowest BCUT2D eigenvalue weighted by atomic mass is 9.95. The third-order valence-corrected chi connectivity index (χ3v) is 5.12. The second-order valence-corrected chi connectivity index (χ2v) is 6.86. The summed E-state index contributed by atoms with van der Waals surface area (Å²) >= 11 is 0. The number of hydrogen-bond donors (Lipinski definition) is 1. The molecule has 2 aliphatic rings. The smallest absolute Gasteiger partial charge is 0.237 e. The van der Waals surface area contributed by atoms with Crippen molar-refractivity contribution in [3.8, 4) is 0 Å². The third kappa shape index (κ3) is 4.35. The second kappa shape index (κ2) is 8.10. The van der Waals surface area contributed by atoms with E-state index in [-0.39, 0.29) is 18.2 Å². The molecule has 2 aliphatic heterocycles. The quantitative estimate of drug-likeness (QED) is 0.897. The molecule has 2 heterocycles. The second-order valence-electron chi connectivity index (χ2n) is 6.86. The number of aryl methyl sites for hydroxylation is 1. The molecule has 0 radical (unpaired) electrons. The van der Waals surface area contributed by atoms with Crippen LogP contribution in [0.1, 0.15) is 30.9 Å². The maximum absolute atomic E-state index is 12.4. The lowest BCUT2D eigenvalue weighted by Crippen LogP contribution is -2.49.